The Bertz CT molecular complexity index is 247. The van der Waals surface area contributed by atoms with Crippen LogP contribution in [0, 0.1) is 0 Å². The van der Waals surface area contributed by atoms with Gasteiger partial charge >= 0.3 is 6.03 Å². The van der Waals surface area contributed by atoms with E-state index in [1.807, 2.05) is 4.90 Å². The summed E-state index contributed by atoms with van der Waals surface area (Å²) < 4.78 is 0. The van der Waals surface area contributed by atoms with Gasteiger partial charge in [-0.3, -0.25) is 0 Å². The van der Waals surface area contributed by atoms with Crippen LogP contribution in [0.15, 0.2) is 0 Å². The molecule has 0 radical (unpaired) electrons. The minimum absolute atomic E-state index is 0.267. The van der Waals surface area contributed by atoms with Gasteiger partial charge < -0.3 is 15.5 Å². The third kappa shape index (κ3) is 3.12. The number of piperidine rings is 1. The van der Waals surface area contributed by atoms with E-state index in [2.05, 4.69) is 4.90 Å². The summed E-state index contributed by atoms with van der Waals surface area (Å²) >= 11 is 0. The summed E-state index contributed by atoms with van der Waals surface area (Å²) in [5.41, 5.74) is 5.56. The molecule has 2 N–H and O–H groups in total. The van der Waals surface area contributed by atoms with Crippen LogP contribution in [-0.2, 0) is 0 Å². The Hall–Kier alpha value is -0.770. The second-order valence-electron chi connectivity index (χ2n) is 5.25. The summed E-state index contributed by atoms with van der Waals surface area (Å²) in [5, 5.41) is 0. The van der Waals surface area contributed by atoms with E-state index >= 15 is 0 Å². The van der Waals surface area contributed by atoms with E-state index < -0.39 is 0 Å². The molecule has 0 atom stereocenters. The molecule has 0 aromatic rings. The Morgan fingerprint density at radius 1 is 1.18 bits per heavy atom. The highest BCUT2D eigenvalue weighted by Crippen LogP contribution is 2.26. The van der Waals surface area contributed by atoms with Gasteiger partial charge in [-0.05, 0) is 51.5 Å². The predicted octanol–water partition coefficient (Wildman–Crippen LogP) is 1.80. The Labute approximate surface area is 104 Å². The molecule has 2 aliphatic rings. The van der Waals surface area contributed by atoms with Crippen molar-refractivity contribution in [3.8, 4) is 0 Å². The fraction of sp³-hybridized carbons (Fsp3) is 0.923. The van der Waals surface area contributed by atoms with Gasteiger partial charge in [0.1, 0.15) is 0 Å². The van der Waals surface area contributed by atoms with Crippen molar-refractivity contribution < 1.29 is 4.79 Å². The van der Waals surface area contributed by atoms with Crippen molar-refractivity contribution in [1.82, 2.24) is 9.80 Å². The number of carbonyl (C=O) groups excluding carboxylic acids is 1. The van der Waals surface area contributed by atoms with Crippen molar-refractivity contribution in [3.63, 3.8) is 0 Å². The first-order valence-corrected chi connectivity index (χ1v) is 7.08. The molecule has 0 aromatic carbocycles. The Balaban J connectivity index is 1.90. The van der Waals surface area contributed by atoms with Gasteiger partial charge in [0.2, 0.25) is 0 Å². The van der Waals surface area contributed by atoms with Crippen LogP contribution in [0.5, 0.6) is 0 Å². The van der Waals surface area contributed by atoms with Crippen molar-refractivity contribution in [2.24, 2.45) is 5.73 Å². The van der Waals surface area contributed by atoms with E-state index in [1.165, 1.54) is 38.5 Å². The summed E-state index contributed by atoms with van der Waals surface area (Å²) in [6.45, 7) is 3.42. The first-order valence-electron chi connectivity index (χ1n) is 7.08. The highest BCUT2D eigenvalue weighted by atomic mass is 16.2. The molecule has 4 nitrogen and oxygen atoms in total. The van der Waals surface area contributed by atoms with Crippen LogP contribution in [-0.4, -0.2) is 48.1 Å². The molecule has 4 heteroatoms. The van der Waals surface area contributed by atoms with Gasteiger partial charge in [-0.1, -0.05) is 0 Å². The minimum Gasteiger partial charge on any atom is -0.330 e. The van der Waals surface area contributed by atoms with Gasteiger partial charge in [0.15, 0.2) is 0 Å². The summed E-state index contributed by atoms with van der Waals surface area (Å²) in [6, 6.07) is 0.763. The SMILES string of the molecule is NCCCN(C(=O)N1CCCCC1)C1CCC1. The van der Waals surface area contributed by atoms with E-state index in [1.54, 1.807) is 0 Å². The summed E-state index contributed by atoms with van der Waals surface area (Å²) in [7, 11) is 0. The molecule has 2 amide bonds. The lowest BCUT2D eigenvalue weighted by Crippen LogP contribution is -2.52. The number of hydrogen-bond acceptors (Lipinski definition) is 2. The zero-order valence-electron chi connectivity index (χ0n) is 10.7. The summed E-state index contributed by atoms with van der Waals surface area (Å²) in [6.07, 6.45) is 8.18. The van der Waals surface area contributed by atoms with Gasteiger partial charge in [0.05, 0.1) is 0 Å². The van der Waals surface area contributed by atoms with Crippen LogP contribution < -0.4 is 5.73 Å². The van der Waals surface area contributed by atoms with Crippen molar-refractivity contribution in [2.75, 3.05) is 26.2 Å². The topological polar surface area (TPSA) is 49.6 Å². The number of likely N-dealkylation sites (tertiary alicyclic amines) is 1. The maximum atomic E-state index is 12.4. The van der Waals surface area contributed by atoms with Crippen LogP contribution in [0.1, 0.15) is 44.9 Å². The summed E-state index contributed by atoms with van der Waals surface area (Å²) in [5.74, 6) is 0. The molecule has 1 heterocycles. The Morgan fingerprint density at radius 3 is 2.41 bits per heavy atom. The second-order valence-corrected chi connectivity index (χ2v) is 5.25. The van der Waals surface area contributed by atoms with Crippen LogP contribution in [0.2, 0.25) is 0 Å². The van der Waals surface area contributed by atoms with E-state index in [0.29, 0.717) is 12.6 Å². The molecule has 1 saturated carbocycles. The molecule has 0 unspecified atom stereocenters. The normalized spacial score (nSPS) is 21.1. The van der Waals surface area contributed by atoms with E-state index in [0.717, 1.165) is 26.1 Å². The largest absolute Gasteiger partial charge is 0.330 e. The van der Waals surface area contributed by atoms with Gasteiger partial charge in [0, 0.05) is 25.7 Å². The molecule has 0 aromatic heterocycles. The van der Waals surface area contributed by atoms with Crippen LogP contribution >= 0.6 is 0 Å². The molecule has 2 fully saturated rings. The highest BCUT2D eigenvalue weighted by molar-refractivity contribution is 5.75. The first-order chi connectivity index (χ1) is 8.33. The number of urea groups is 1. The Kier molecular flexibility index (Phi) is 4.66. The third-order valence-corrected chi connectivity index (χ3v) is 3.99. The second kappa shape index (κ2) is 6.24. The Morgan fingerprint density at radius 2 is 1.88 bits per heavy atom. The number of rotatable bonds is 4. The monoisotopic (exact) mass is 239 g/mol. The molecule has 2 rings (SSSR count). The van der Waals surface area contributed by atoms with E-state index in [4.69, 9.17) is 5.73 Å². The lowest BCUT2D eigenvalue weighted by atomic mass is 9.91. The van der Waals surface area contributed by atoms with Gasteiger partial charge in [0.25, 0.3) is 0 Å². The first kappa shape index (κ1) is 12.7. The maximum absolute atomic E-state index is 12.4. The van der Waals surface area contributed by atoms with Crippen molar-refractivity contribution in [3.05, 3.63) is 0 Å². The number of carbonyl (C=O) groups is 1. The molecule has 17 heavy (non-hydrogen) atoms. The molecule has 98 valence electrons. The average molecular weight is 239 g/mol. The highest BCUT2D eigenvalue weighted by Gasteiger charge is 2.31. The predicted molar refractivity (Wildman–Crippen MR) is 68.8 cm³/mol. The number of amides is 2. The number of nitrogens with zero attached hydrogens (tertiary/aromatic N) is 2. The number of nitrogens with two attached hydrogens (primary N) is 1. The zero-order chi connectivity index (χ0) is 12.1. The molecular formula is C13H25N3O. The molecule has 1 aliphatic heterocycles. The fourth-order valence-corrected chi connectivity index (χ4v) is 2.66. The van der Waals surface area contributed by atoms with Gasteiger partial charge in [-0.15, -0.1) is 0 Å². The molecule has 0 bridgehead atoms. The van der Waals surface area contributed by atoms with E-state index in [9.17, 15) is 4.79 Å². The standard InChI is InChI=1S/C13H25N3O/c14-8-5-11-16(12-6-4-7-12)13(17)15-9-2-1-3-10-15/h12H,1-11,14H2. The number of hydrogen-bond donors (Lipinski definition) is 1. The summed E-state index contributed by atoms with van der Waals surface area (Å²) in [4.78, 5) is 16.6. The van der Waals surface area contributed by atoms with Crippen molar-refractivity contribution in [1.29, 1.82) is 0 Å². The smallest absolute Gasteiger partial charge is 0.320 e. The lowest BCUT2D eigenvalue weighted by molar-refractivity contribution is 0.0996. The van der Waals surface area contributed by atoms with Crippen molar-refractivity contribution >= 4 is 6.03 Å². The maximum Gasteiger partial charge on any atom is 0.320 e. The molecule has 1 aliphatic carbocycles. The molecule has 0 spiro atoms. The van der Waals surface area contributed by atoms with E-state index in [-0.39, 0.29) is 6.03 Å². The average Bonchev–Trinajstić information content (AvgIpc) is 2.32. The third-order valence-electron chi connectivity index (χ3n) is 3.99. The van der Waals surface area contributed by atoms with Crippen LogP contribution in [0.4, 0.5) is 4.79 Å². The quantitative estimate of drug-likeness (QED) is 0.813. The molecule has 1 saturated heterocycles. The van der Waals surface area contributed by atoms with Gasteiger partial charge in [-0.25, -0.2) is 4.79 Å². The van der Waals surface area contributed by atoms with Gasteiger partial charge in [-0.2, -0.15) is 0 Å². The molecular weight excluding hydrogens is 214 g/mol. The fourth-order valence-electron chi connectivity index (χ4n) is 2.66. The lowest BCUT2D eigenvalue weighted by Gasteiger charge is -2.41. The van der Waals surface area contributed by atoms with Crippen LogP contribution in [0.25, 0.3) is 0 Å². The van der Waals surface area contributed by atoms with Crippen molar-refractivity contribution in [2.45, 2.75) is 51.0 Å². The van der Waals surface area contributed by atoms with Crippen LogP contribution in [0.3, 0.4) is 0 Å². The zero-order valence-corrected chi connectivity index (χ0v) is 10.7. The minimum atomic E-state index is 0.267.